The molecular weight excluding hydrogens is 260 g/mol. The van der Waals surface area contributed by atoms with E-state index in [9.17, 15) is 5.21 Å². The largest absolute Gasteiger partial charge is 0.621 e. The second-order valence-corrected chi connectivity index (χ2v) is 5.85. The normalized spacial score (nSPS) is 14.0. The maximum atomic E-state index is 13.4. The molecule has 0 saturated heterocycles. The third kappa shape index (κ3) is 2.60. The van der Waals surface area contributed by atoms with Crippen molar-refractivity contribution in [3.05, 3.63) is 63.4 Å². The van der Waals surface area contributed by atoms with E-state index in [1.807, 2.05) is 51.1 Å². The fourth-order valence-corrected chi connectivity index (χ4v) is 2.69. The lowest BCUT2D eigenvalue weighted by Crippen LogP contribution is -2.43. The maximum absolute atomic E-state index is 13.4. The van der Waals surface area contributed by atoms with Crippen molar-refractivity contribution >= 4 is 11.4 Å². The van der Waals surface area contributed by atoms with Crippen LogP contribution in [0.4, 0.5) is 11.4 Å². The Hall–Kier alpha value is -1.68. The molecule has 1 unspecified atom stereocenters. The number of rotatable bonds is 3. The second-order valence-electron chi connectivity index (χ2n) is 5.85. The summed E-state index contributed by atoms with van der Waals surface area (Å²) in [5.41, 5.74) is 13.0. The third-order valence-corrected chi connectivity index (χ3v) is 4.55. The Morgan fingerprint density at radius 1 is 0.905 bits per heavy atom. The van der Waals surface area contributed by atoms with E-state index in [0.717, 1.165) is 22.4 Å². The molecular formula is C18H24N2O. The average molecular weight is 284 g/mol. The minimum Gasteiger partial charge on any atom is -0.621 e. The van der Waals surface area contributed by atoms with Crippen molar-refractivity contribution in [3.8, 4) is 0 Å². The first-order valence-corrected chi connectivity index (χ1v) is 7.25. The van der Waals surface area contributed by atoms with Crippen LogP contribution < -0.4 is 10.4 Å². The minimum atomic E-state index is -0.617. The number of hydrogen-bond donors (Lipinski definition) is 1. The Labute approximate surface area is 127 Å². The molecule has 0 spiro atoms. The number of quaternary nitrogens is 1. The van der Waals surface area contributed by atoms with Crippen LogP contribution in [0, 0.1) is 39.8 Å². The minimum absolute atomic E-state index is 0.00809. The van der Waals surface area contributed by atoms with Gasteiger partial charge in [0, 0.05) is 23.8 Å². The van der Waals surface area contributed by atoms with Crippen LogP contribution in [0.15, 0.2) is 30.3 Å². The van der Waals surface area contributed by atoms with Gasteiger partial charge in [-0.15, -0.1) is 0 Å². The van der Waals surface area contributed by atoms with E-state index in [0.29, 0.717) is 5.69 Å². The predicted octanol–water partition coefficient (Wildman–Crippen LogP) is 4.28. The molecule has 1 atom stereocenters. The van der Waals surface area contributed by atoms with Gasteiger partial charge in [-0.3, -0.25) is 10.4 Å². The molecule has 2 N–H and O–H groups in total. The van der Waals surface area contributed by atoms with E-state index in [4.69, 9.17) is 5.73 Å². The highest BCUT2D eigenvalue weighted by Gasteiger charge is 2.26. The molecule has 0 aliphatic carbocycles. The number of nitrogens with zero attached hydrogens (tertiary/aromatic N) is 1. The molecule has 0 amide bonds. The Bertz CT molecular complexity index is 662. The number of hydrogen-bond acceptors (Lipinski definition) is 2. The zero-order valence-corrected chi connectivity index (χ0v) is 13.5. The van der Waals surface area contributed by atoms with Gasteiger partial charge in [0.15, 0.2) is 0 Å². The Balaban J connectivity index is 2.68. The van der Waals surface area contributed by atoms with E-state index in [1.165, 1.54) is 11.1 Å². The van der Waals surface area contributed by atoms with Gasteiger partial charge in [0.05, 0.1) is 0 Å². The van der Waals surface area contributed by atoms with Gasteiger partial charge in [0.1, 0.15) is 18.0 Å². The van der Waals surface area contributed by atoms with E-state index in [-0.39, 0.29) is 6.67 Å². The van der Waals surface area contributed by atoms with Crippen molar-refractivity contribution in [3.63, 3.8) is 0 Å². The van der Waals surface area contributed by atoms with Crippen molar-refractivity contribution < 1.29 is 0 Å². The molecule has 3 heteroatoms. The van der Waals surface area contributed by atoms with Crippen molar-refractivity contribution in [2.75, 3.05) is 6.67 Å². The number of nitrogens with two attached hydrogens (primary N) is 1. The van der Waals surface area contributed by atoms with Crippen LogP contribution in [0.3, 0.4) is 0 Å². The molecule has 0 heterocycles. The van der Waals surface area contributed by atoms with Crippen LogP contribution in [0.5, 0.6) is 0 Å². The first-order valence-electron chi connectivity index (χ1n) is 7.25. The van der Waals surface area contributed by atoms with Gasteiger partial charge in [0.2, 0.25) is 0 Å². The zero-order chi connectivity index (χ0) is 15.8. The van der Waals surface area contributed by atoms with Crippen LogP contribution in [-0.2, 0) is 0 Å². The van der Waals surface area contributed by atoms with Gasteiger partial charge >= 0.3 is 0 Å². The molecule has 0 bridgehead atoms. The molecule has 112 valence electrons. The summed E-state index contributed by atoms with van der Waals surface area (Å²) >= 11 is 0. The monoisotopic (exact) mass is 284 g/mol. The number of aryl methyl sites for hydroxylation is 2. The lowest BCUT2D eigenvalue weighted by atomic mass is 9.96. The zero-order valence-electron chi connectivity index (χ0n) is 13.5. The van der Waals surface area contributed by atoms with Crippen LogP contribution in [0.1, 0.15) is 27.8 Å². The molecule has 3 nitrogen and oxygen atoms in total. The molecule has 2 rings (SSSR count). The lowest BCUT2D eigenvalue weighted by Gasteiger charge is -2.41. The highest BCUT2D eigenvalue weighted by Crippen LogP contribution is 2.38. The fourth-order valence-electron chi connectivity index (χ4n) is 2.69. The van der Waals surface area contributed by atoms with Gasteiger partial charge in [-0.25, -0.2) is 0 Å². The Morgan fingerprint density at radius 3 is 2.00 bits per heavy atom. The van der Waals surface area contributed by atoms with Crippen LogP contribution >= 0.6 is 0 Å². The summed E-state index contributed by atoms with van der Waals surface area (Å²) in [6.45, 7) is 10.2. The standard InChI is InChI=1S/C18H24N2O/c1-12-6-8-17(9-7-12)20(21,11-19)18-10-13(2)14(3)15(4)16(18)5/h6-10H,11,19H2,1-5H3. The molecule has 0 aliphatic rings. The predicted molar refractivity (Wildman–Crippen MR) is 90.4 cm³/mol. The van der Waals surface area contributed by atoms with Gasteiger partial charge in [-0.05, 0) is 51.3 Å². The average Bonchev–Trinajstić information content (AvgIpc) is 2.48. The third-order valence-electron chi connectivity index (χ3n) is 4.55. The Morgan fingerprint density at radius 2 is 1.48 bits per heavy atom. The fraction of sp³-hybridized carbons (Fsp3) is 0.333. The van der Waals surface area contributed by atoms with Crippen LogP contribution in [-0.4, -0.2) is 6.67 Å². The molecule has 21 heavy (non-hydrogen) atoms. The topological polar surface area (TPSA) is 49.1 Å². The van der Waals surface area contributed by atoms with Crippen molar-refractivity contribution in [1.29, 1.82) is 0 Å². The van der Waals surface area contributed by atoms with Crippen molar-refractivity contribution in [1.82, 2.24) is 4.65 Å². The van der Waals surface area contributed by atoms with Crippen LogP contribution in [0.2, 0.25) is 0 Å². The molecule has 0 saturated carbocycles. The summed E-state index contributed by atoms with van der Waals surface area (Å²) in [5, 5.41) is 13.4. The van der Waals surface area contributed by atoms with E-state index in [2.05, 4.69) is 13.8 Å². The van der Waals surface area contributed by atoms with Crippen molar-refractivity contribution in [2.24, 2.45) is 5.73 Å². The van der Waals surface area contributed by atoms with E-state index in [1.54, 1.807) is 0 Å². The summed E-state index contributed by atoms with van der Waals surface area (Å²) in [7, 11) is 0. The number of benzene rings is 2. The first kappa shape index (κ1) is 15.7. The highest BCUT2D eigenvalue weighted by molar-refractivity contribution is 5.66. The molecule has 0 aliphatic heterocycles. The van der Waals surface area contributed by atoms with E-state index >= 15 is 0 Å². The van der Waals surface area contributed by atoms with Gasteiger partial charge in [-0.2, -0.15) is 0 Å². The van der Waals surface area contributed by atoms with Crippen LogP contribution in [0.25, 0.3) is 0 Å². The molecule has 2 aromatic rings. The summed E-state index contributed by atoms with van der Waals surface area (Å²) in [4.78, 5) is 0. The van der Waals surface area contributed by atoms with Crippen molar-refractivity contribution in [2.45, 2.75) is 34.6 Å². The molecule has 0 fully saturated rings. The molecule has 0 aromatic heterocycles. The summed E-state index contributed by atoms with van der Waals surface area (Å²) < 4.78 is -0.617. The molecule has 2 aromatic carbocycles. The highest BCUT2D eigenvalue weighted by atomic mass is 16.5. The lowest BCUT2D eigenvalue weighted by molar-refractivity contribution is 0.517. The second kappa shape index (κ2) is 5.60. The first-order chi connectivity index (χ1) is 9.81. The maximum Gasteiger partial charge on any atom is 0.142 e. The SMILES string of the molecule is Cc1ccc([N+]([O-])(CN)c2cc(C)c(C)c(C)c2C)cc1. The molecule has 0 radical (unpaired) electrons. The van der Waals surface area contributed by atoms with E-state index < -0.39 is 4.65 Å². The van der Waals surface area contributed by atoms with Gasteiger partial charge in [-0.1, -0.05) is 17.7 Å². The number of hydroxylamine groups is 1. The smallest absolute Gasteiger partial charge is 0.142 e. The van der Waals surface area contributed by atoms with Gasteiger partial charge < -0.3 is 5.21 Å². The summed E-state index contributed by atoms with van der Waals surface area (Å²) in [6, 6.07) is 9.65. The Kier molecular flexibility index (Phi) is 4.19. The summed E-state index contributed by atoms with van der Waals surface area (Å²) in [6.07, 6.45) is 0. The quantitative estimate of drug-likeness (QED) is 0.519. The van der Waals surface area contributed by atoms with Gasteiger partial charge in [0.25, 0.3) is 0 Å². The summed E-state index contributed by atoms with van der Waals surface area (Å²) in [5.74, 6) is 0.